The van der Waals surface area contributed by atoms with Crippen molar-refractivity contribution in [2.24, 2.45) is 7.05 Å². The van der Waals surface area contributed by atoms with Crippen LogP contribution in [0.3, 0.4) is 0 Å². The van der Waals surface area contributed by atoms with Gasteiger partial charge >= 0.3 is 0 Å². The molecule has 0 aromatic carbocycles. The predicted molar refractivity (Wildman–Crippen MR) is 43.1 cm³/mol. The minimum atomic E-state index is 0.605. The average molecular weight is 164 g/mol. The molecule has 12 heavy (non-hydrogen) atoms. The summed E-state index contributed by atoms with van der Waals surface area (Å²) >= 11 is 0. The van der Waals surface area contributed by atoms with Crippen LogP contribution in [0.2, 0.25) is 0 Å². The van der Waals surface area contributed by atoms with E-state index in [2.05, 4.69) is 14.8 Å². The van der Waals surface area contributed by atoms with Crippen molar-refractivity contribution in [3.8, 4) is 11.4 Å². The highest BCUT2D eigenvalue weighted by Crippen LogP contribution is 2.16. The number of aryl methyl sites for hydroxylation is 1. The zero-order valence-corrected chi connectivity index (χ0v) is 6.56. The highest BCUT2D eigenvalue weighted by Gasteiger charge is 2.06. The monoisotopic (exact) mass is 164 g/mol. The van der Waals surface area contributed by atoms with Gasteiger partial charge in [-0.05, 0) is 0 Å². The van der Waals surface area contributed by atoms with Crippen molar-refractivity contribution in [1.82, 2.24) is 14.9 Å². The van der Waals surface area contributed by atoms with Gasteiger partial charge in [0.25, 0.3) is 0 Å². The van der Waals surface area contributed by atoms with Gasteiger partial charge in [0.15, 0.2) is 0 Å². The summed E-state index contributed by atoms with van der Waals surface area (Å²) in [5.74, 6) is 0.605. The van der Waals surface area contributed by atoms with Crippen LogP contribution in [0.4, 0.5) is 5.82 Å². The van der Waals surface area contributed by atoms with E-state index in [4.69, 9.17) is 5.73 Å². The van der Waals surface area contributed by atoms with E-state index in [0.717, 1.165) is 5.69 Å². The Labute approximate surface area is 68.8 Å². The van der Waals surface area contributed by atoms with Crippen molar-refractivity contribution < 1.29 is 4.52 Å². The highest BCUT2D eigenvalue weighted by molar-refractivity contribution is 5.57. The van der Waals surface area contributed by atoms with E-state index < -0.39 is 0 Å². The van der Waals surface area contributed by atoms with E-state index in [1.54, 1.807) is 23.9 Å². The van der Waals surface area contributed by atoms with Crippen molar-refractivity contribution >= 4 is 5.82 Å². The molecule has 0 bridgehead atoms. The maximum Gasteiger partial charge on any atom is 0.134 e. The summed E-state index contributed by atoms with van der Waals surface area (Å²) in [4.78, 5) is 0. The maximum absolute atomic E-state index is 5.59. The zero-order chi connectivity index (χ0) is 8.55. The molecule has 0 unspecified atom stereocenters. The third-order valence-electron chi connectivity index (χ3n) is 1.62. The first-order chi connectivity index (χ1) is 5.77. The Morgan fingerprint density at radius 3 is 2.83 bits per heavy atom. The number of rotatable bonds is 1. The van der Waals surface area contributed by atoms with Crippen molar-refractivity contribution in [1.29, 1.82) is 0 Å². The van der Waals surface area contributed by atoms with Crippen LogP contribution >= 0.6 is 0 Å². The normalized spacial score (nSPS) is 10.4. The van der Waals surface area contributed by atoms with Crippen molar-refractivity contribution in [3.05, 3.63) is 18.4 Å². The lowest BCUT2D eigenvalue weighted by molar-refractivity contribution is 0.422. The van der Waals surface area contributed by atoms with Crippen LogP contribution in [0.15, 0.2) is 22.9 Å². The molecule has 0 aliphatic carbocycles. The molecule has 2 N–H and O–H groups in total. The Hall–Kier alpha value is -1.78. The van der Waals surface area contributed by atoms with E-state index in [9.17, 15) is 0 Å². The lowest BCUT2D eigenvalue weighted by atomic mass is 10.3. The Kier molecular flexibility index (Phi) is 1.36. The molecule has 0 radical (unpaired) electrons. The van der Waals surface area contributed by atoms with E-state index in [1.165, 1.54) is 6.26 Å². The molecule has 2 aromatic rings. The number of hydrogen-bond acceptors (Lipinski definition) is 4. The summed E-state index contributed by atoms with van der Waals surface area (Å²) < 4.78 is 6.27. The quantitative estimate of drug-likeness (QED) is 0.672. The summed E-state index contributed by atoms with van der Waals surface area (Å²) in [6.45, 7) is 0. The van der Waals surface area contributed by atoms with Crippen LogP contribution in [0.25, 0.3) is 11.4 Å². The van der Waals surface area contributed by atoms with Crippen molar-refractivity contribution in [3.63, 3.8) is 0 Å². The molecule has 2 rings (SSSR count). The fourth-order valence-electron chi connectivity index (χ4n) is 0.952. The second kappa shape index (κ2) is 2.37. The van der Waals surface area contributed by atoms with Crippen LogP contribution in [-0.2, 0) is 7.05 Å². The van der Waals surface area contributed by atoms with Gasteiger partial charge in [-0.3, -0.25) is 4.68 Å². The SMILES string of the molecule is Cn1nc(-c2ccon2)cc1N. The standard InChI is InChI=1S/C7H8N4O/c1-11-7(8)4-6(9-11)5-2-3-12-10-5/h2-4H,8H2,1H3. The average Bonchev–Trinajstić information content (AvgIpc) is 2.61. The van der Waals surface area contributed by atoms with Crippen LogP contribution < -0.4 is 5.73 Å². The number of nitrogens with zero attached hydrogens (tertiary/aromatic N) is 3. The summed E-state index contributed by atoms with van der Waals surface area (Å²) in [6.07, 6.45) is 1.50. The second-order valence-corrected chi connectivity index (χ2v) is 2.46. The molecule has 5 heteroatoms. The maximum atomic E-state index is 5.59. The van der Waals surface area contributed by atoms with Gasteiger partial charge in [0.1, 0.15) is 23.5 Å². The van der Waals surface area contributed by atoms with Crippen LogP contribution in [0.5, 0.6) is 0 Å². The van der Waals surface area contributed by atoms with E-state index in [0.29, 0.717) is 11.5 Å². The molecule has 2 heterocycles. The molecule has 2 aromatic heterocycles. The number of anilines is 1. The summed E-state index contributed by atoms with van der Waals surface area (Å²) in [5.41, 5.74) is 7.01. The Balaban J connectivity index is 2.48. The summed E-state index contributed by atoms with van der Waals surface area (Å²) in [7, 11) is 1.78. The third kappa shape index (κ3) is 0.952. The summed E-state index contributed by atoms with van der Waals surface area (Å²) in [5, 5.41) is 7.86. The molecule has 0 aliphatic rings. The summed E-state index contributed by atoms with van der Waals surface area (Å²) in [6, 6.07) is 3.49. The van der Waals surface area contributed by atoms with Gasteiger partial charge in [0.2, 0.25) is 0 Å². The molecule has 62 valence electrons. The number of nitrogen functional groups attached to an aromatic ring is 1. The van der Waals surface area contributed by atoms with Crippen LogP contribution in [0, 0.1) is 0 Å². The van der Waals surface area contributed by atoms with Gasteiger partial charge in [-0.1, -0.05) is 5.16 Å². The lowest BCUT2D eigenvalue weighted by Gasteiger charge is -1.88. The molecule has 0 atom stereocenters. The van der Waals surface area contributed by atoms with Crippen molar-refractivity contribution in [2.45, 2.75) is 0 Å². The first kappa shape index (κ1) is 6.90. The molecular formula is C7H8N4O. The second-order valence-electron chi connectivity index (χ2n) is 2.46. The molecular weight excluding hydrogens is 156 g/mol. The number of aromatic nitrogens is 3. The smallest absolute Gasteiger partial charge is 0.134 e. The molecule has 0 spiro atoms. The van der Waals surface area contributed by atoms with Gasteiger partial charge in [-0.15, -0.1) is 0 Å². The van der Waals surface area contributed by atoms with Crippen LogP contribution in [0.1, 0.15) is 0 Å². The van der Waals surface area contributed by atoms with Gasteiger partial charge in [-0.25, -0.2) is 0 Å². The molecule has 0 saturated heterocycles. The Morgan fingerprint density at radius 2 is 2.33 bits per heavy atom. The molecule has 0 amide bonds. The van der Waals surface area contributed by atoms with Gasteiger partial charge in [0.05, 0.1) is 0 Å². The number of hydrogen-bond donors (Lipinski definition) is 1. The van der Waals surface area contributed by atoms with Crippen molar-refractivity contribution in [2.75, 3.05) is 5.73 Å². The van der Waals surface area contributed by atoms with E-state index in [-0.39, 0.29) is 0 Å². The molecule has 0 fully saturated rings. The van der Waals surface area contributed by atoms with Gasteiger partial charge < -0.3 is 10.3 Å². The van der Waals surface area contributed by atoms with E-state index >= 15 is 0 Å². The Morgan fingerprint density at radius 1 is 1.50 bits per heavy atom. The fraction of sp³-hybridized carbons (Fsp3) is 0.143. The van der Waals surface area contributed by atoms with E-state index in [1.807, 2.05) is 0 Å². The minimum Gasteiger partial charge on any atom is -0.384 e. The van der Waals surface area contributed by atoms with Gasteiger partial charge in [0, 0.05) is 19.2 Å². The highest BCUT2D eigenvalue weighted by atomic mass is 16.5. The predicted octanol–water partition coefficient (Wildman–Crippen LogP) is 0.657. The Bertz CT molecular complexity index is 357. The topological polar surface area (TPSA) is 69.9 Å². The molecule has 0 saturated carbocycles. The number of nitrogens with two attached hydrogens (primary N) is 1. The fourth-order valence-corrected chi connectivity index (χ4v) is 0.952. The van der Waals surface area contributed by atoms with Crippen LogP contribution in [-0.4, -0.2) is 14.9 Å². The lowest BCUT2D eigenvalue weighted by Crippen LogP contribution is -1.96. The minimum absolute atomic E-state index is 0.605. The molecule has 5 nitrogen and oxygen atoms in total. The van der Waals surface area contributed by atoms with Gasteiger partial charge in [-0.2, -0.15) is 5.10 Å². The first-order valence-corrected chi connectivity index (χ1v) is 3.47. The first-order valence-electron chi connectivity index (χ1n) is 3.47. The third-order valence-corrected chi connectivity index (χ3v) is 1.62. The zero-order valence-electron chi connectivity index (χ0n) is 6.56. The largest absolute Gasteiger partial charge is 0.384 e. The molecule has 0 aliphatic heterocycles.